The Bertz CT molecular complexity index is 572. The average molecular weight is 313 g/mol. The van der Waals surface area contributed by atoms with E-state index in [4.69, 9.17) is 23.2 Å². The highest BCUT2D eigenvalue weighted by atomic mass is 35.5. The third kappa shape index (κ3) is 2.63. The van der Waals surface area contributed by atoms with Gasteiger partial charge in [0.25, 0.3) is 0 Å². The molecule has 2 fully saturated rings. The summed E-state index contributed by atoms with van der Waals surface area (Å²) < 4.78 is 0. The van der Waals surface area contributed by atoms with Crippen LogP contribution in [0.2, 0.25) is 10.0 Å². The molecule has 2 amide bonds. The maximum absolute atomic E-state index is 12.6. The Hall–Kier alpha value is -1.26. The van der Waals surface area contributed by atoms with Crippen molar-refractivity contribution in [1.29, 1.82) is 0 Å². The van der Waals surface area contributed by atoms with Crippen LogP contribution in [0, 0.1) is 5.92 Å². The van der Waals surface area contributed by atoms with Crippen molar-refractivity contribution in [1.82, 2.24) is 5.32 Å². The van der Waals surface area contributed by atoms with Gasteiger partial charge in [0.05, 0.1) is 10.7 Å². The van der Waals surface area contributed by atoms with Crippen molar-refractivity contribution in [2.24, 2.45) is 5.92 Å². The van der Waals surface area contributed by atoms with Gasteiger partial charge in [-0.2, -0.15) is 0 Å². The van der Waals surface area contributed by atoms with Crippen LogP contribution in [0.4, 0.5) is 5.69 Å². The van der Waals surface area contributed by atoms with Crippen molar-refractivity contribution in [2.45, 2.75) is 25.3 Å². The van der Waals surface area contributed by atoms with Crippen molar-refractivity contribution in [2.75, 3.05) is 11.4 Å². The van der Waals surface area contributed by atoms with Crippen molar-refractivity contribution >= 4 is 40.7 Å². The maximum atomic E-state index is 12.6. The molecule has 1 heterocycles. The average Bonchev–Trinajstić information content (AvgIpc) is 3.21. The second-order valence-corrected chi connectivity index (χ2v) is 6.06. The highest BCUT2D eigenvalue weighted by Crippen LogP contribution is 2.36. The predicted molar refractivity (Wildman–Crippen MR) is 78.1 cm³/mol. The maximum Gasteiger partial charge on any atom is 0.249 e. The molecule has 2 aliphatic rings. The summed E-state index contributed by atoms with van der Waals surface area (Å²) in [7, 11) is 0. The highest BCUT2D eigenvalue weighted by molar-refractivity contribution is 6.36. The van der Waals surface area contributed by atoms with E-state index in [-0.39, 0.29) is 24.2 Å². The number of carbonyl (C=O) groups excluding carboxylic acids is 2. The number of hydrogen-bond acceptors (Lipinski definition) is 2. The summed E-state index contributed by atoms with van der Waals surface area (Å²) in [5.74, 6) is 0.100. The van der Waals surface area contributed by atoms with E-state index >= 15 is 0 Å². The molecule has 1 saturated carbocycles. The third-order valence-corrected chi connectivity index (χ3v) is 4.24. The van der Waals surface area contributed by atoms with E-state index < -0.39 is 6.04 Å². The zero-order valence-electron chi connectivity index (χ0n) is 10.7. The molecule has 1 aliphatic carbocycles. The predicted octanol–water partition coefficient (Wildman–Crippen LogP) is 2.62. The number of carbonyl (C=O) groups is 2. The number of amides is 2. The summed E-state index contributed by atoms with van der Waals surface area (Å²) in [6.45, 7) is 0.342. The number of benzene rings is 1. The van der Waals surface area contributed by atoms with E-state index in [9.17, 15) is 9.59 Å². The molecule has 1 aromatic carbocycles. The Balaban J connectivity index is 1.93. The summed E-state index contributed by atoms with van der Waals surface area (Å²) in [5.41, 5.74) is 0.614. The van der Waals surface area contributed by atoms with Gasteiger partial charge in [-0.25, -0.2) is 0 Å². The number of rotatable bonds is 2. The van der Waals surface area contributed by atoms with Crippen LogP contribution in [0.15, 0.2) is 18.2 Å². The molecule has 4 nitrogen and oxygen atoms in total. The van der Waals surface area contributed by atoms with Crippen LogP contribution in [0.25, 0.3) is 0 Å². The second kappa shape index (κ2) is 5.26. The second-order valence-electron chi connectivity index (χ2n) is 5.22. The molecule has 106 valence electrons. The van der Waals surface area contributed by atoms with Gasteiger partial charge in [0.15, 0.2) is 0 Å². The number of nitrogens with one attached hydrogen (secondary N) is 1. The fourth-order valence-electron chi connectivity index (χ4n) is 2.49. The van der Waals surface area contributed by atoms with Gasteiger partial charge in [-0.05, 0) is 37.0 Å². The molecular formula is C14H14Cl2N2O2. The van der Waals surface area contributed by atoms with E-state index in [1.54, 1.807) is 23.1 Å². The van der Waals surface area contributed by atoms with Crippen LogP contribution in [-0.4, -0.2) is 24.4 Å². The van der Waals surface area contributed by atoms with Crippen LogP contribution in [0.3, 0.4) is 0 Å². The van der Waals surface area contributed by atoms with Crippen molar-refractivity contribution < 1.29 is 9.59 Å². The minimum Gasteiger partial charge on any atom is -0.344 e. The minimum atomic E-state index is -0.420. The molecule has 0 spiro atoms. The summed E-state index contributed by atoms with van der Waals surface area (Å²) in [5, 5.41) is 3.77. The van der Waals surface area contributed by atoms with E-state index in [0.29, 0.717) is 22.3 Å². The van der Waals surface area contributed by atoms with Gasteiger partial charge in [0, 0.05) is 18.0 Å². The monoisotopic (exact) mass is 312 g/mol. The van der Waals surface area contributed by atoms with Gasteiger partial charge in [0.2, 0.25) is 11.8 Å². The Morgan fingerprint density at radius 2 is 1.95 bits per heavy atom. The minimum absolute atomic E-state index is 0.0807. The first kappa shape index (κ1) is 13.7. The topological polar surface area (TPSA) is 49.4 Å². The summed E-state index contributed by atoms with van der Waals surface area (Å²) in [6, 6.07) is 4.61. The van der Waals surface area contributed by atoms with E-state index in [1.807, 2.05) is 0 Å². The lowest BCUT2D eigenvalue weighted by molar-refractivity contribution is -0.126. The number of hydrogen-bond donors (Lipinski definition) is 1. The summed E-state index contributed by atoms with van der Waals surface area (Å²) >= 11 is 12.1. The third-order valence-electron chi connectivity index (χ3n) is 3.70. The fourth-order valence-corrected chi connectivity index (χ4v) is 3.00. The molecule has 20 heavy (non-hydrogen) atoms. The van der Waals surface area contributed by atoms with Crippen LogP contribution in [0.1, 0.15) is 19.3 Å². The van der Waals surface area contributed by atoms with Crippen molar-refractivity contribution in [3.8, 4) is 0 Å². The Kier molecular flexibility index (Phi) is 3.61. The molecule has 0 radical (unpaired) electrons. The molecule has 1 unspecified atom stereocenters. The summed E-state index contributed by atoms with van der Waals surface area (Å²) in [6.07, 6.45) is 2.26. The molecule has 0 aromatic heterocycles. The lowest BCUT2D eigenvalue weighted by Crippen LogP contribution is -2.46. The molecule has 1 N–H and O–H groups in total. The largest absolute Gasteiger partial charge is 0.344 e. The lowest BCUT2D eigenvalue weighted by atomic mass is 10.1. The molecule has 1 aliphatic heterocycles. The fraction of sp³-hybridized carbons (Fsp3) is 0.429. The van der Waals surface area contributed by atoms with Crippen LogP contribution < -0.4 is 10.2 Å². The van der Waals surface area contributed by atoms with E-state index in [2.05, 4.69) is 5.32 Å². The van der Waals surface area contributed by atoms with Gasteiger partial charge in [-0.3, -0.25) is 9.59 Å². The highest BCUT2D eigenvalue weighted by Gasteiger charge is 2.41. The van der Waals surface area contributed by atoms with Gasteiger partial charge in [-0.15, -0.1) is 0 Å². The van der Waals surface area contributed by atoms with Crippen LogP contribution in [-0.2, 0) is 9.59 Å². The van der Waals surface area contributed by atoms with Gasteiger partial charge in [-0.1, -0.05) is 23.2 Å². The van der Waals surface area contributed by atoms with Crippen LogP contribution in [0.5, 0.6) is 0 Å². The molecule has 1 saturated heterocycles. The molecule has 3 rings (SSSR count). The van der Waals surface area contributed by atoms with E-state index in [1.165, 1.54) is 0 Å². The lowest BCUT2D eigenvalue weighted by Gasteiger charge is -2.25. The Morgan fingerprint density at radius 3 is 2.60 bits per heavy atom. The Labute approximate surface area is 127 Å². The molecule has 0 bridgehead atoms. The quantitative estimate of drug-likeness (QED) is 0.912. The number of halogens is 2. The standard InChI is InChI=1S/C14H14Cl2N2O2/c15-9-3-4-11(10(16)7-9)18-6-5-12(19)17-13(14(18)20)8-1-2-8/h3-4,7-8,13H,1-2,5-6H2,(H,17,19). The van der Waals surface area contributed by atoms with Crippen LogP contribution >= 0.6 is 23.2 Å². The first-order chi connectivity index (χ1) is 9.56. The smallest absolute Gasteiger partial charge is 0.249 e. The molecule has 6 heteroatoms. The molecular weight excluding hydrogens is 299 g/mol. The normalized spacial score (nSPS) is 23.5. The van der Waals surface area contributed by atoms with Gasteiger partial charge in [0.1, 0.15) is 6.04 Å². The van der Waals surface area contributed by atoms with Crippen molar-refractivity contribution in [3.63, 3.8) is 0 Å². The van der Waals surface area contributed by atoms with E-state index in [0.717, 1.165) is 12.8 Å². The SMILES string of the molecule is O=C1CCN(c2ccc(Cl)cc2Cl)C(=O)C(C2CC2)N1. The first-order valence-electron chi connectivity index (χ1n) is 6.62. The number of nitrogens with zero attached hydrogens (tertiary/aromatic N) is 1. The van der Waals surface area contributed by atoms with Gasteiger partial charge >= 0.3 is 0 Å². The zero-order valence-corrected chi connectivity index (χ0v) is 12.2. The molecule has 1 aromatic rings. The first-order valence-corrected chi connectivity index (χ1v) is 7.37. The van der Waals surface area contributed by atoms with Gasteiger partial charge < -0.3 is 10.2 Å². The number of anilines is 1. The zero-order chi connectivity index (χ0) is 14.3. The van der Waals surface area contributed by atoms with Crippen molar-refractivity contribution in [3.05, 3.63) is 28.2 Å². The Morgan fingerprint density at radius 1 is 1.20 bits per heavy atom. The molecule has 1 atom stereocenters. The summed E-state index contributed by atoms with van der Waals surface area (Å²) in [4.78, 5) is 26.0.